The fourth-order valence-corrected chi connectivity index (χ4v) is 2.27. The van der Waals surface area contributed by atoms with Gasteiger partial charge in [-0.25, -0.2) is 0 Å². The first-order chi connectivity index (χ1) is 7.12. The molecule has 2 N–H and O–H groups in total. The molecule has 0 aromatic carbocycles. The lowest BCUT2D eigenvalue weighted by Gasteiger charge is -2.46. The third-order valence-corrected chi connectivity index (χ3v) is 4.97. The van der Waals surface area contributed by atoms with E-state index in [0.29, 0.717) is 0 Å². The summed E-state index contributed by atoms with van der Waals surface area (Å²) in [6, 6.07) is 0. The Morgan fingerprint density at radius 1 is 0.812 bits per heavy atom. The van der Waals surface area contributed by atoms with E-state index >= 15 is 0 Å². The Bertz CT molecular complexity index is 187. The van der Waals surface area contributed by atoms with E-state index in [4.69, 9.17) is 0 Å². The molecule has 2 heteroatoms. The Hall–Kier alpha value is -0.0800. The summed E-state index contributed by atoms with van der Waals surface area (Å²) in [5.41, 5.74) is -1.64. The molecule has 0 amide bonds. The highest BCUT2D eigenvalue weighted by Gasteiger charge is 2.45. The standard InChI is InChI=1S/C14H30O2/c1-8-10(3)13(6,15)12(5)14(7,16)11(4)9-2/h10-12,15-16H,8-9H2,1-7H3. The zero-order valence-corrected chi connectivity index (χ0v) is 12.0. The first kappa shape index (κ1) is 15.9. The molecule has 98 valence electrons. The van der Waals surface area contributed by atoms with E-state index in [0.717, 1.165) is 12.8 Å². The summed E-state index contributed by atoms with van der Waals surface area (Å²) < 4.78 is 0. The third kappa shape index (κ3) is 2.98. The molecule has 2 nitrogen and oxygen atoms in total. The SMILES string of the molecule is CCC(C)C(C)(O)C(C)C(C)(O)C(C)CC. The molecule has 4 atom stereocenters. The Balaban J connectivity index is 4.96. The second-order valence-electron chi connectivity index (χ2n) is 5.79. The average molecular weight is 230 g/mol. The molecule has 0 aliphatic rings. The van der Waals surface area contributed by atoms with Gasteiger partial charge in [0.25, 0.3) is 0 Å². The molecule has 0 saturated heterocycles. The lowest BCUT2D eigenvalue weighted by Crippen LogP contribution is -2.53. The van der Waals surface area contributed by atoms with Crippen molar-refractivity contribution in [1.82, 2.24) is 0 Å². The summed E-state index contributed by atoms with van der Waals surface area (Å²) in [4.78, 5) is 0. The third-order valence-electron chi connectivity index (χ3n) is 4.97. The fourth-order valence-electron chi connectivity index (χ4n) is 2.27. The van der Waals surface area contributed by atoms with Crippen LogP contribution in [0.15, 0.2) is 0 Å². The first-order valence-electron chi connectivity index (χ1n) is 6.56. The number of hydrogen-bond donors (Lipinski definition) is 2. The minimum absolute atomic E-state index is 0.134. The predicted octanol–water partition coefficient (Wildman–Crippen LogP) is 3.22. The maximum Gasteiger partial charge on any atom is 0.0697 e. The van der Waals surface area contributed by atoms with Crippen molar-refractivity contribution >= 4 is 0 Å². The molecule has 0 heterocycles. The molecule has 0 aromatic heterocycles. The highest BCUT2D eigenvalue weighted by molar-refractivity contribution is 4.96. The molecular formula is C14H30O2. The van der Waals surface area contributed by atoms with Crippen LogP contribution in [0.2, 0.25) is 0 Å². The molecule has 0 spiro atoms. The van der Waals surface area contributed by atoms with Gasteiger partial charge in [0.2, 0.25) is 0 Å². The van der Waals surface area contributed by atoms with Gasteiger partial charge in [-0.05, 0) is 25.7 Å². The Morgan fingerprint density at radius 3 is 1.25 bits per heavy atom. The van der Waals surface area contributed by atoms with Crippen LogP contribution in [-0.4, -0.2) is 21.4 Å². The van der Waals surface area contributed by atoms with Gasteiger partial charge in [0.1, 0.15) is 0 Å². The van der Waals surface area contributed by atoms with Crippen molar-refractivity contribution in [2.24, 2.45) is 17.8 Å². The van der Waals surface area contributed by atoms with Crippen molar-refractivity contribution in [1.29, 1.82) is 0 Å². The summed E-state index contributed by atoms with van der Waals surface area (Å²) in [6.07, 6.45) is 1.85. The van der Waals surface area contributed by atoms with Crippen LogP contribution in [-0.2, 0) is 0 Å². The minimum Gasteiger partial charge on any atom is -0.390 e. The average Bonchev–Trinajstić information content (AvgIpc) is 2.25. The molecule has 0 fully saturated rings. The van der Waals surface area contributed by atoms with Gasteiger partial charge in [-0.3, -0.25) is 0 Å². The van der Waals surface area contributed by atoms with Gasteiger partial charge in [0.05, 0.1) is 11.2 Å². The molecule has 16 heavy (non-hydrogen) atoms. The summed E-state index contributed by atoms with van der Waals surface area (Å²) >= 11 is 0. The van der Waals surface area contributed by atoms with Crippen molar-refractivity contribution in [3.8, 4) is 0 Å². The van der Waals surface area contributed by atoms with E-state index in [1.807, 2.05) is 34.6 Å². The van der Waals surface area contributed by atoms with Crippen LogP contribution >= 0.6 is 0 Å². The highest BCUT2D eigenvalue weighted by atomic mass is 16.3. The van der Waals surface area contributed by atoms with Gasteiger partial charge in [0, 0.05) is 5.92 Å². The van der Waals surface area contributed by atoms with E-state index in [1.54, 1.807) is 0 Å². The van der Waals surface area contributed by atoms with Crippen LogP contribution in [0.3, 0.4) is 0 Å². The van der Waals surface area contributed by atoms with Gasteiger partial charge < -0.3 is 10.2 Å². The molecule has 0 saturated carbocycles. The number of hydrogen-bond acceptors (Lipinski definition) is 2. The van der Waals surface area contributed by atoms with Gasteiger partial charge in [-0.2, -0.15) is 0 Å². The lowest BCUT2D eigenvalue weighted by atomic mass is 9.67. The molecule has 0 rings (SSSR count). The molecular weight excluding hydrogens is 200 g/mol. The van der Waals surface area contributed by atoms with Crippen molar-refractivity contribution in [3.05, 3.63) is 0 Å². The van der Waals surface area contributed by atoms with Gasteiger partial charge in [-0.1, -0.05) is 47.5 Å². The van der Waals surface area contributed by atoms with E-state index in [2.05, 4.69) is 13.8 Å². The summed E-state index contributed by atoms with van der Waals surface area (Å²) in [7, 11) is 0. The molecule has 0 radical (unpaired) electrons. The van der Waals surface area contributed by atoms with Crippen molar-refractivity contribution in [2.45, 2.75) is 72.5 Å². The minimum atomic E-state index is -0.818. The smallest absolute Gasteiger partial charge is 0.0697 e. The Labute approximate surface area is 101 Å². The Kier molecular flexibility index (Phi) is 5.48. The molecule has 0 bridgehead atoms. The first-order valence-corrected chi connectivity index (χ1v) is 6.56. The second-order valence-corrected chi connectivity index (χ2v) is 5.79. The topological polar surface area (TPSA) is 40.5 Å². The van der Waals surface area contributed by atoms with Crippen LogP contribution in [0, 0.1) is 17.8 Å². The van der Waals surface area contributed by atoms with Gasteiger partial charge in [-0.15, -0.1) is 0 Å². The number of aliphatic hydroxyl groups is 2. The van der Waals surface area contributed by atoms with E-state index in [9.17, 15) is 10.2 Å². The van der Waals surface area contributed by atoms with Crippen LogP contribution in [0.5, 0.6) is 0 Å². The van der Waals surface area contributed by atoms with Crippen LogP contribution in [0.25, 0.3) is 0 Å². The van der Waals surface area contributed by atoms with Gasteiger partial charge in [0.15, 0.2) is 0 Å². The summed E-state index contributed by atoms with van der Waals surface area (Å²) in [5.74, 6) is 0.251. The van der Waals surface area contributed by atoms with E-state index < -0.39 is 11.2 Å². The number of rotatable bonds is 6. The van der Waals surface area contributed by atoms with Crippen LogP contribution < -0.4 is 0 Å². The maximum atomic E-state index is 10.6. The monoisotopic (exact) mass is 230 g/mol. The molecule has 0 aliphatic heterocycles. The maximum absolute atomic E-state index is 10.6. The van der Waals surface area contributed by atoms with Crippen molar-refractivity contribution < 1.29 is 10.2 Å². The molecule has 4 unspecified atom stereocenters. The summed E-state index contributed by atoms with van der Waals surface area (Å²) in [6.45, 7) is 13.9. The zero-order valence-electron chi connectivity index (χ0n) is 12.0. The van der Waals surface area contributed by atoms with Crippen LogP contribution in [0.4, 0.5) is 0 Å². The normalized spacial score (nSPS) is 25.3. The van der Waals surface area contributed by atoms with E-state index in [-0.39, 0.29) is 17.8 Å². The largest absolute Gasteiger partial charge is 0.390 e. The second kappa shape index (κ2) is 5.50. The van der Waals surface area contributed by atoms with Crippen molar-refractivity contribution in [3.63, 3.8) is 0 Å². The molecule has 0 aromatic rings. The van der Waals surface area contributed by atoms with E-state index in [1.165, 1.54) is 0 Å². The fraction of sp³-hybridized carbons (Fsp3) is 1.00. The summed E-state index contributed by atoms with van der Waals surface area (Å²) in [5, 5.41) is 21.1. The lowest BCUT2D eigenvalue weighted by molar-refractivity contribution is -0.147. The molecule has 0 aliphatic carbocycles. The van der Waals surface area contributed by atoms with Crippen molar-refractivity contribution in [2.75, 3.05) is 0 Å². The highest BCUT2D eigenvalue weighted by Crippen LogP contribution is 2.39. The quantitative estimate of drug-likeness (QED) is 0.735. The Morgan fingerprint density at radius 2 is 1.06 bits per heavy atom. The predicted molar refractivity (Wildman–Crippen MR) is 69.3 cm³/mol. The van der Waals surface area contributed by atoms with Gasteiger partial charge >= 0.3 is 0 Å². The van der Waals surface area contributed by atoms with Crippen LogP contribution in [0.1, 0.15) is 61.3 Å². The zero-order chi connectivity index (χ0) is 13.1.